The third-order valence-electron chi connectivity index (χ3n) is 2.75. The molecule has 0 N–H and O–H groups in total. The number of imidazole rings is 1. The molecular formula is C14H13N3. The Labute approximate surface area is 99.8 Å². The molecule has 17 heavy (non-hydrogen) atoms. The quantitative estimate of drug-likeness (QED) is 0.633. The van der Waals surface area contributed by atoms with Gasteiger partial charge in [0.05, 0.1) is 0 Å². The highest BCUT2D eigenvalue weighted by Crippen LogP contribution is 2.09. The molecule has 0 bridgehead atoms. The Hall–Kier alpha value is -2.16. The second-order valence-corrected chi connectivity index (χ2v) is 3.99. The summed E-state index contributed by atoms with van der Waals surface area (Å²) in [7, 11) is 0. The minimum absolute atomic E-state index is 0.864. The number of fused-ring (bicyclic) bond motifs is 1. The summed E-state index contributed by atoms with van der Waals surface area (Å²) in [5, 5.41) is 0. The summed E-state index contributed by atoms with van der Waals surface area (Å²) < 4.78 is 2.14. The summed E-state index contributed by atoms with van der Waals surface area (Å²) in [6.45, 7) is 0.914. The molecule has 3 aromatic rings. The van der Waals surface area contributed by atoms with E-state index in [1.807, 2.05) is 42.5 Å². The maximum Gasteiger partial charge on any atom is 0.168 e. The number of nitrogens with zero attached hydrogens (tertiary/aromatic N) is 3. The van der Waals surface area contributed by atoms with Crippen molar-refractivity contribution in [2.75, 3.05) is 0 Å². The van der Waals surface area contributed by atoms with Crippen LogP contribution < -0.4 is 9.55 Å². The van der Waals surface area contributed by atoms with Gasteiger partial charge in [0.2, 0.25) is 0 Å². The third-order valence-corrected chi connectivity index (χ3v) is 2.75. The zero-order chi connectivity index (χ0) is 11.5. The van der Waals surface area contributed by atoms with Gasteiger partial charge in [0, 0.05) is 18.6 Å². The van der Waals surface area contributed by atoms with Crippen molar-refractivity contribution in [3.8, 4) is 0 Å². The lowest BCUT2D eigenvalue weighted by Gasteiger charge is -2.00. The van der Waals surface area contributed by atoms with Crippen molar-refractivity contribution in [3.05, 3.63) is 60.7 Å². The minimum atomic E-state index is 0.864. The highest BCUT2D eigenvalue weighted by molar-refractivity contribution is 5.74. The number of aryl methyl sites for hydroxylation is 2. The monoisotopic (exact) mass is 223 g/mol. The van der Waals surface area contributed by atoms with Crippen molar-refractivity contribution in [3.63, 3.8) is 0 Å². The smallest absolute Gasteiger partial charge is 0.168 e. The predicted octanol–water partition coefficient (Wildman–Crippen LogP) is 1.72. The van der Waals surface area contributed by atoms with Crippen LogP contribution in [0.2, 0.25) is 0 Å². The summed E-state index contributed by atoms with van der Waals surface area (Å²) in [4.78, 5) is 9.01. The maximum atomic E-state index is 4.50. The van der Waals surface area contributed by atoms with E-state index in [1.165, 1.54) is 0 Å². The Morgan fingerprint density at radius 2 is 1.82 bits per heavy atom. The van der Waals surface area contributed by atoms with Gasteiger partial charge in [0.1, 0.15) is 0 Å². The summed E-state index contributed by atoms with van der Waals surface area (Å²) in [5.74, 6) is 0.919. The van der Waals surface area contributed by atoms with Gasteiger partial charge in [-0.1, -0.05) is 36.2 Å². The molecule has 0 radical (unpaired) electrons. The first-order valence-electron chi connectivity index (χ1n) is 5.74. The van der Waals surface area contributed by atoms with Gasteiger partial charge in [-0.05, 0) is 11.0 Å². The summed E-state index contributed by atoms with van der Waals surface area (Å²) in [6, 6.07) is 14.1. The van der Waals surface area contributed by atoms with Gasteiger partial charge < -0.3 is 9.97 Å². The highest BCUT2D eigenvalue weighted by Gasteiger charge is 1.98. The van der Waals surface area contributed by atoms with Gasteiger partial charge in [-0.25, -0.2) is 4.57 Å². The van der Waals surface area contributed by atoms with E-state index in [0.717, 1.165) is 29.8 Å². The van der Waals surface area contributed by atoms with Crippen LogP contribution >= 0.6 is 0 Å². The normalized spacial score (nSPS) is 10.8. The summed E-state index contributed by atoms with van der Waals surface area (Å²) in [5.41, 5.74) is 1.97. The molecule has 0 amide bonds. The molecule has 0 aliphatic rings. The van der Waals surface area contributed by atoms with Crippen molar-refractivity contribution >= 4 is 11.0 Å². The molecule has 0 aliphatic carbocycles. The zero-order valence-electron chi connectivity index (χ0n) is 9.45. The Kier molecular flexibility index (Phi) is 2.58. The number of hydrogen-bond donors (Lipinski definition) is 0. The van der Waals surface area contributed by atoms with Crippen LogP contribution in [0.3, 0.4) is 0 Å². The molecule has 3 nitrogen and oxygen atoms in total. The number of aromatic nitrogens is 3. The van der Waals surface area contributed by atoms with E-state index in [1.54, 1.807) is 0 Å². The third kappa shape index (κ3) is 2.18. The lowest BCUT2D eigenvalue weighted by Crippen LogP contribution is -2.33. The minimum Gasteiger partial charge on any atom is -0.439 e. The first-order chi connectivity index (χ1) is 8.42. The predicted molar refractivity (Wildman–Crippen MR) is 65.4 cm³/mol. The first-order valence-corrected chi connectivity index (χ1v) is 5.74. The van der Waals surface area contributed by atoms with Crippen molar-refractivity contribution in [1.82, 2.24) is 9.97 Å². The van der Waals surface area contributed by atoms with Crippen molar-refractivity contribution in [1.29, 1.82) is 0 Å². The van der Waals surface area contributed by atoms with E-state index in [-0.39, 0.29) is 0 Å². The fourth-order valence-electron chi connectivity index (χ4n) is 1.88. The fraction of sp³-hybridized carbons (Fsp3) is 0.143. The number of pyridine rings is 1. The molecule has 2 heterocycles. The molecule has 84 valence electrons. The van der Waals surface area contributed by atoms with Crippen LogP contribution in [0, 0.1) is 0 Å². The van der Waals surface area contributed by atoms with Crippen molar-refractivity contribution < 1.29 is 4.57 Å². The van der Waals surface area contributed by atoms with Gasteiger partial charge in [-0.3, -0.25) is 0 Å². The van der Waals surface area contributed by atoms with Crippen LogP contribution in [0.15, 0.2) is 54.9 Å². The fourth-order valence-corrected chi connectivity index (χ4v) is 1.88. The van der Waals surface area contributed by atoms with Crippen LogP contribution in [0.4, 0.5) is 0 Å². The van der Waals surface area contributed by atoms with E-state index in [2.05, 4.69) is 26.9 Å². The molecule has 0 fully saturated rings. The molecule has 0 saturated carbocycles. The summed E-state index contributed by atoms with van der Waals surface area (Å²) >= 11 is 0. The van der Waals surface area contributed by atoms with E-state index in [0.29, 0.717) is 0 Å². The number of benzene rings is 1. The number of hydrogen-bond acceptors (Lipinski definition) is 1. The van der Waals surface area contributed by atoms with Crippen LogP contribution in [0.25, 0.3) is 11.0 Å². The highest BCUT2D eigenvalue weighted by atomic mass is 15.0. The number of rotatable bonds is 3. The molecule has 0 saturated heterocycles. The molecular weight excluding hydrogens is 210 g/mol. The van der Waals surface area contributed by atoms with E-state index in [9.17, 15) is 0 Å². The maximum absolute atomic E-state index is 4.50. The molecule has 1 aromatic carbocycles. The molecule has 2 aromatic heterocycles. The van der Waals surface area contributed by atoms with E-state index in [4.69, 9.17) is 0 Å². The zero-order valence-corrected chi connectivity index (χ0v) is 9.45. The van der Waals surface area contributed by atoms with Gasteiger partial charge >= 0.3 is 0 Å². The van der Waals surface area contributed by atoms with Gasteiger partial charge in [0.15, 0.2) is 18.9 Å². The average Bonchev–Trinajstić information content (AvgIpc) is 2.80. The van der Waals surface area contributed by atoms with Crippen LogP contribution in [-0.2, 0) is 13.0 Å². The van der Waals surface area contributed by atoms with Crippen molar-refractivity contribution in [2.45, 2.75) is 13.0 Å². The molecule has 0 aliphatic heterocycles. The first kappa shape index (κ1) is 10.0. The SMILES string of the molecule is c1cc[n+](CCc2nc3ccccc3[n-]2)cc1. The van der Waals surface area contributed by atoms with Crippen LogP contribution in [0.5, 0.6) is 0 Å². The number of para-hydroxylation sites is 2. The molecule has 0 unspecified atom stereocenters. The van der Waals surface area contributed by atoms with Crippen molar-refractivity contribution in [2.24, 2.45) is 0 Å². The van der Waals surface area contributed by atoms with E-state index < -0.39 is 0 Å². The summed E-state index contributed by atoms with van der Waals surface area (Å²) in [6.07, 6.45) is 4.98. The lowest BCUT2D eigenvalue weighted by atomic mass is 10.3. The Morgan fingerprint density at radius 3 is 2.65 bits per heavy atom. The Morgan fingerprint density at radius 1 is 1.00 bits per heavy atom. The molecule has 0 spiro atoms. The average molecular weight is 223 g/mol. The molecule has 0 atom stereocenters. The van der Waals surface area contributed by atoms with Gasteiger partial charge in [-0.15, -0.1) is 0 Å². The molecule has 3 heteroatoms. The second-order valence-electron chi connectivity index (χ2n) is 3.99. The Bertz CT molecular complexity index is 580. The van der Waals surface area contributed by atoms with E-state index >= 15 is 0 Å². The standard InChI is InChI=1S/C14H13N3/c1-4-9-17(10-5-1)11-8-14-15-12-6-2-3-7-13(12)16-14/h1-7,9-10H,8,11H2. The molecule has 3 rings (SSSR count). The van der Waals surface area contributed by atoms with Crippen LogP contribution in [-0.4, -0.2) is 4.98 Å². The van der Waals surface area contributed by atoms with Gasteiger partial charge in [-0.2, -0.15) is 0 Å². The van der Waals surface area contributed by atoms with Gasteiger partial charge in [0.25, 0.3) is 0 Å². The van der Waals surface area contributed by atoms with Crippen LogP contribution in [0.1, 0.15) is 5.82 Å². The topological polar surface area (TPSA) is 30.9 Å². The Balaban J connectivity index is 1.77. The largest absolute Gasteiger partial charge is 0.439 e. The second kappa shape index (κ2) is 4.37. The lowest BCUT2D eigenvalue weighted by molar-refractivity contribution is -0.696.